The highest BCUT2D eigenvalue weighted by Crippen LogP contribution is 2.08. The van der Waals surface area contributed by atoms with E-state index in [0.29, 0.717) is 31.0 Å². The molecule has 16 heavy (non-hydrogen) atoms. The van der Waals surface area contributed by atoms with Gasteiger partial charge >= 0.3 is 0 Å². The van der Waals surface area contributed by atoms with Crippen molar-refractivity contribution in [3.8, 4) is 0 Å². The number of carbonyl (C=O) groups excluding carboxylic acids is 1. The average Bonchev–Trinajstić information content (AvgIpc) is 2.57. The minimum Gasteiger partial charge on any atom is -0.436 e. The Hall–Kier alpha value is -1.36. The van der Waals surface area contributed by atoms with Gasteiger partial charge in [-0.25, -0.2) is 4.98 Å². The Kier molecular flexibility index (Phi) is 4.49. The van der Waals surface area contributed by atoms with E-state index in [0.717, 1.165) is 0 Å². The van der Waals surface area contributed by atoms with Crippen LogP contribution in [0.3, 0.4) is 0 Å². The monoisotopic (exact) mass is 226 g/mol. The van der Waals surface area contributed by atoms with E-state index in [1.807, 2.05) is 6.92 Å². The molecule has 1 atom stereocenters. The summed E-state index contributed by atoms with van der Waals surface area (Å²) in [5, 5.41) is 12.0. The summed E-state index contributed by atoms with van der Waals surface area (Å²) in [4.78, 5) is 15.6. The second kappa shape index (κ2) is 5.65. The zero-order valence-corrected chi connectivity index (χ0v) is 9.91. The van der Waals surface area contributed by atoms with Crippen LogP contribution in [0.4, 0.5) is 0 Å². The highest BCUT2D eigenvalue weighted by Gasteiger charge is 2.15. The Morgan fingerprint density at radius 1 is 1.56 bits per heavy atom. The summed E-state index contributed by atoms with van der Waals surface area (Å²) in [7, 11) is 0. The fourth-order valence-electron chi connectivity index (χ4n) is 1.38. The van der Waals surface area contributed by atoms with Crippen LogP contribution in [0.15, 0.2) is 4.42 Å². The molecule has 0 aromatic carbocycles. The van der Waals surface area contributed by atoms with Crippen LogP contribution in [0.1, 0.15) is 41.9 Å². The molecule has 90 valence electrons. The minimum absolute atomic E-state index is 0.253. The Morgan fingerprint density at radius 3 is 2.75 bits per heavy atom. The number of hydrogen-bond donors (Lipinski definition) is 2. The molecule has 0 saturated heterocycles. The molecule has 5 heteroatoms. The van der Waals surface area contributed by atoms with Gasteiger partial charge in [-0.3, -0.25) is 4.79 Å². The number of oxazole rings is 1. The lowest BCUT2D eigenvalue weighted by molar-refractivity contribution is 0.0912. The third-order valence-corrected chi connectivity index (χ3v) is 2.34. The van der Waals surface area contributed by atoms with E-state index in [2.05, 4.69) is 10.3 Å². The summed E-state index contributed by atoms with van der Waals surface area (Å²) >= 11 is 0. The highest BCUT2D eigenvalue weighted by molar-refractivity contribution is 5.92. The molecule has 0 spiro atoms. The SMILES string of the molecule is CCC(O)CCNC(=O)c1oc(C)nc1C. The Balaban J connectivity index is 2.44. The van der Waals surface area contributed by atoms with Crippen LogP contribution in [0, 0.1) is 13.8 Å². The predicted molar refractivity (Wildman–Crippen MR) is 59.2 cm³/mol. The average molecular weight is 226 g/mol. The molecule has 0 aliphatic rings. The molecule has 1 aromatic heterocycles. The Morgan fingerprint density at radius 2 is 2.25 bits per heavy atom. The maximum absolute atomic E-state index is 11.6. The fourth-order valence-corrected chi connectivity index (χ4v) is 1.38. The van der Waals surface area contributed by atoms with Crippen molar-refractivity contribution in [2.45, 2.75) is 39.7 Å². The van der Waals surface area contributed by atoms with Gasteiger partial charge in [0.05, 0.1) is 11.8 Å². The van der Waals surface area contributed by atoms with Crippen molar-refractivity contribution in [1.82, 2.24) is 10.3 Å². The van der Waals surface area contributed by atoms with Gasteiger partial charge in [-0.15, -0.1) is 0 Å². The quantitative estimate of drug-likeness (QED) is 0.790. The van der Waals surface area contributed by atoms with Crippen LogP contribution < -0.4 is 5.32 Å². The van der Waals surface area contributed by atoms with Crippen LogP contribution in [0.2, 0.25) is 0 Å². The normalized spacial score (nSPS) is 12.5. The van der Waals surface area contributed by atoms with Crippen molar-refractivity contribution in [3.05, 3.63) is 17.3 Å². The smallest absolute Gasteiger partial charge is 0.289 e. The number of aliphatic hydroxyl groups excluding tert-OH is 1. The summed E-state index contributed by atoms with van der Waals surface area (Å²) in [6, 6.07) is 0. The molecular formula is C11H18N2O3. The molecule has 0 aliphatic carbocycles. The summed E-state index contributed by atoms with van der Waals surface area (Å²) in [6.07, 6.45) is 0.878. The first kappa shape index (κ1) is 12.7. The molecule has 1 unspecified atom stereocenters. The number of aliphatic hydroxyl groups is 1. The van der Waals surface area contributed by atoms with Gasteiger partial charge in [0.25, 0.3) is 5.91 Å². The molecule has 5 nitrogen and oxygen atoms in total. The molecule has 0 aliphatic heterocycles. The zero-order valence-electron chi connectivity index (χ0n) is 9.91. The van der Waals surface area contributed by atoms with E-state index in [9.17, 15) is 9.90 Å². The summed E-state index contributed by atoms with van der Waals surface area (Å²) in [5.41, 5.74) is 0.589. The van der Waals surface area contributed by atoms with Crippen LogP contribution in [0.5, 0.6) is 0 Å². The first-order chi connectivity index (χ1) is 7.54. The van der Waals surface area contributed by atoms with Crippen LogP contribution in [0.25, 0.3) is 0 Å². The molecule has 0 bridgehead atoms. The largest absolute Gasteiger partial charge is 0.436 e. The summed E-state index contributed by atoms with van der Waals surface area (Å²) in [6.45, 7) is 5.76. The van der Waals surface area contributed by atoms with Gasteiger partial charge in [0.1, 0.15) is 0 Å². The lowest BCUT2D eigenvalue weighted by atomic mass is 10.2. The molecule has 1 amide bonds. The molecule has 1 heterocycles. The van der Waals surface area contributed by atoms with Crippen molar-refractivity contribution < 1.29 is 14.3 Å². The van der Waals surface area contributed by atoms with Gasteiger partial charge in [0.15, 0.2) is 5.89 Å². The van der Waals surface area contributed by atoms with E-state index in [4.69, 9.17) is 4.42 Å². The zero-order chi connectivity index (χ0) is 12.1. The predicted octanol–water partition coefficient (Wildman–Crippen LogP) is 1.18. The second-order valence-electron chi connectivity index (χ2n) is 3.75. The Bertz CT molecular complexity index is 360. The van der Waals surface area contributed by atoms with Crippen LogP contribution in [-0.2, 0) is 0 Å². The molecule has 2 N–H and O–H groups in total. The molecule has 0 radical (unpaired) electrons. The first-order valence-corrected chi connectivity index (χ1v) is 5.44. The second-order valence-corrected chi connectivity index (χ2v) is 3.75. The van der Waals surface area contributed by atoms with E-state index < -0.39 is 0 Å². The van der Waals surface area contributed by atoms with Crippen LogP contribution >= 0.6 is 0 Å². The number of aryl methyl sites for hydroxylation is 2. The number of hydrogen-bond acceptors (Lipinski definition) is 4. The van der Waals surface area contributed by atoms with Crippen molar-refractivity contribution >= 4 is 5.91 Å². The van der Waals surface area contributed by atoms with E-state index in [-0.39, 0.29) is 17.8 Å². The minimum atomic E-state index is -0.363. The van der Waals surface area contributed by atoms with E-state index in [1.165, 1.54) is 0 Å². The maximum Gasteiger partial charge on any atom is 0.289 e. The number of nitrogens with zero attached hydrogens (tertiary/aromatic N) is 1. The van der Waals surface area contributed by atoms with Crippen LogP contribution in [-0.4, -0.2) is 28.6 Å². The third kappa shape index (κ3) is 3.34. The van der Waals surface area contributed by atoms with Gasteiger partial charge in [-0.2, -0.15) is 0 Å². The topological polar surface area (TPSA) is 75.4 Å². The Labute approximate surface area is 94.9 Å². The number of rotatable bonds is 5. The standard InChI is InChI=1S/C11H18N2O3/c1-4-9(14)5-6-12-11(15)10-7(2)13-8(3)16-10/h9,14H,4-6H2,1-3H3,(H,12,15). The van der Waals surface area contributed by atoms with Crippen molar-refractivity contribution in [1.29, 1.82) is 0 Å². The van der Waals surface area contributed by atoms with Crippen molar-refractivity contribution in [2.75, 3.05) is 6.54 Å². The summed E-state index contributed by atoms with van der Waals surface area (Å²) in [5.74, 6) is 0.459. The molecule has 1 rings (SSSR count). The number of aromatic nitrogens is 1. The highest BCUT2D eigenvalue weighted by atomic mass is 16.4. The molecular weight excluding hydrogens is 208 g/mol. The number of nitrogens with one attached hydrogen (secondary N) is 1. The lowest BCUT2D eigenvalue weighted by Crippen LogP contribution is -2.27. The number of amides is 1. The molecule has 1 aromatic rings. The van der Waals surface area contributed by atoms with Gasteiger partial charge < -0.3 is 14.8 Å². The molecule has 0 fully saturated rings. The lowest BCUT2D eigenvalue weighted by Gasteiger charge is -2.07. The van der Waals surface area contributed by atoms with E-state index >= 15 is 0 Å². The third-order valence-electron chi connectivity index (χ3n) is 2.34. The maximum atomic E-state index is 11.6. The number of carbonyl (C=O) groups is 1. The fraction of sp³-hybridized carbons (Fsp3) is 0.636. The molecule has 0 saturated carbocycles. The van der Waals surface area contributed by atoms with Gasteiger partial charge in [-0.05, 0) is 19.8 Å². The van der Waals surface area contributed by atoms with E-state index in [1.54, 1.807) is 13.8 Å². The van der Waals surface area contributed by atoms with Crippen molar-refractivity contribution in [2.24, 2.45) is 0 Å². The summed E-state index contributed by atoms with van der Waals surface area (Å²) < 4.78 is 5.17. The van der Waals surface area contributed by atoms with Gasteiger partial charge in [-0.1, -0.05) is 6.92 Å². The van der Waals surface area contributed by atoms with Gasteiger partial charge in [0.2, 0.25) is 5.76 Å². The first-order valence-electron chi connectivity index (χ1n) is 5.44. The van der Waals surface area contributed by atoms with Crippen molar-refractivity contribution in [3.63, 3.8) is 0 Å². The van der Waals surface area contributed by atoms with Gasteiger partial charge in [0, 0.05) is 13.5 Å².